The number of fused-ring (bicyclic) bond motifs is 5. The highest BCUT2D eigenvalue weighted by molar-refractivity contribution is 5.89. The Morgan fingerprint density at radius 2 is 1.77 bits per heavy atom. The van der Waals surface area contributed by atoms with E-state index >= 15 is 0 Å². The number of rotatable bonds is 3. The Labute approximate surface area is 184 Å². The maximum atomic E-state index is 12.9. The number of carboxylic acids is 1. The molecule has 5 heteroatoms. The van der Waals surface area contributed by atoms with Gasteiger partial charge in [-0.05, 0) is 85.5 Å². The Bertz CT molecular complexity index is 939. The number of carbonyl (C=O) groups is 2. The number of nitrogens with one attached hydrogen (secondary N) is 1. The quantitative estimate of drug-likeness (QED) is 0.759. The van der Waals surface area contributed by atoms with Gasteiger partial charge in [0.15, 0.2) is 0 Å². The van der Waals surface area contributed by atoms with E-state index in [9.17, 15) is 14.7 Å². The molecule has 1 aromatic rings. The van der Waals surface area contributed by atoms with Crippen LogP contribution in [0.1, 0.15) is 57.9 Å². The van der Waals surface area contributed by atoms with E-state index in [4.69, 9.17) is 4.74 Å². The Balaban J connectivity index is 1.54. The van der Waals surface area contributed by atoms with E-state index in [1.165, 1.54) is 0 Å². The van der Waals surface area contributed by atoms with Crippen LogP contribution < -0.4 is 10.1 Å². The minimum absolute atomic E-state index is 0.0202. The van der Waals surface area contributed by atoms with Crippen molar-refractivity contribution in [1.82, 2.24) is 5.32 Å². The zero-order chi connectivity index (χ0) is 22.0. The van der Waals surface area contributed by atoms with Crippen molar-refractivity contribution in [3.8, 4) is 5.75 Å². The third kappa shape index (κ3) is 2.61. The van der Waals surface area contributed by atoms with Crippen molar-refractivity contribution in [2.24, 2.45) is 28.6 Å². The molecule has 0 aromatic heterocycles. The Morgan fingerprint density at radius 3 is 2.45 bits per heavy atom. The molecule has 5 nitrogen and oxygen atoms in total. The maximum Gasteiger partial charge on any atom is 0.314 e. The molecule has 3 aliphatic carbocycles. The van der Waals surface area contributed by atoms with Crippen molar-refractivity contribution in [3.63, 3.8) is 0 Å². The summed E-state index contributed by atoms with van der Waals surface area (Å²) in [6, 6.07) is 7.91. The topological polar surface area (TPSA) is 75.6 Å². The van der Waals surface area contributed by atoms with E-state index in [1.807, 2.05) is 24.3 Å². The predicted molar refractivity (Wildman–Crippen MR) is 118 cm³/mol. The van der Waals surface area contributed by atoms with Crippen molar-refractivity contribution in [1.29, 1.82) is 0 Å². The van der Waals surface area contributed by atoms with Crippen LogP contribution in [0.4, 0.5) is 0 Å². The van der Waals surface area contributed by atoms with Crippen molar-refractivity contribution >= 4 is 11.9 Å². The molecule has 0 saturated heterocycles. The first-order valence-corrected chi connectivity index (χ1v) is 11.6. The predicted octanol–water partition coefficient (Wildman–Crippen LogP) is 4.31. The van der Waals surface area contributed by atoms with E-state index in [0.717, 1.165) is 43.4 Å². The molecular formula is C26H33NO4. The molecule has 4 aliphatic rings. The average Bonchev–Trinajstić information content (AvgIpc) is 3.08. The summed E-state index contributed by atoms with van der Waals surface area (Å²) in [6.07, 6.45) is 9.45. The highest BCUT2D eigenvalue weighted by Crippen LogP contribution is 2.69. The van der Waals surface area contributed by atoms with Crippen LogP contribution in [0.5, 0.6) is 5.75 Å². The second-order valence-corrected chi connectivity index (χ2v) is 10.6. The van der Waals surface area contributed by atoms with Crippen molar-refractivity contribution in [3.05, 3.63) is 42.0 Å². The zero-order valence-electron chi connectivity index (χ0n) is 18.7. The van der Waals surface area contributed by atoms with Crippen molar-refractivity contribution in [2.45, 2.75) is 63.8 Å². The number of methoxy groups -OCH3 is 1. The second kappa shape index (κ2) is 6.85. The number of hydrogen-bond donors (Lipinski definition) is 2. The molecule has 1 heterocycles. The SMILES string of the molecule is COc1ccc(C2(C(=O)O)CC[C@H]3[C@@H]4CCC5NC(=O)C=C[C@]5(C)[C@@H]4CC[C@@]32C)cc1. The molecule has 31 heavy (non-hydrogen) atoms. The molecular weight excluding hydrogens is 390 g/mol. The van der Waals surface area contributed by atoms with Crippen LogP contribution in [0.3, 0.4) is 0 Å². The summed E-state index contributed by atoms with van der Waals surface area (Å²) in [6.45, 7) is 4.54. The molecule has 166 valence electrons. The second-order valence-electron chi connectivity index (χ2n) is 10.6. The van der Waals surface area contributed by atoms with Gasteiger partial charge in [0.05, 0.1) is 12.5 Å². The van der Waals surface area contributed by atoms with Gasteiger partial charge in [-0.1, -0.05) is 32.1 Å². The van der Waals surface area contributed by atoms with Gasteiger partial charge in [-0.2, -0.15) is 0 Å². The first kappa shape index (κ1) is 20.6. The summed E-state index contributed by atoms with van der Waals surface area (Å²) >= 11 is 0. The van der Waals surface area contributed by atoms with Crippen LogP contribution >= 0.6 is 0 Å². The number of carboxylic acid groups (broad SMARTS) is 1. The van der Waals surface area contributed by atoms with Crippen LogP contribution in [0.2, 0.25) is 0 Å². The van der Waals surface area contributed by atoms with Crippen LogP contribution in [0, 0.1) is 28.6 Å². The number of aliphatic carboxylic acids is 1. The third-order valence-corrected chi connectivity index (χ3v) is 9.83. The molecule has 5 rings (SSSR count). The molecule has 2 N–H and O–H groups in total. The molecule has 1 aromatic carbocycles. The van der Waals surface area contributed by atoms with E-state index in [2.05, 4.69) is 25.2 Å². The largest absolute Gasteiger partial charge is 0.497 e. The molecule has 0 spiro atoms. The summed E-state index contributed by atoms with van der Waals surface area (Å²) in [4.78, 5) is 24.9. The number of benzene rings is 1. The Hall–Kier alpha value is -2.30. The Kier molecular flexibility index (Phi) is 4.55. The van der Waals surface area contributed by atoms with Crippen molar-refractivity contribution in [2.75, 3.05) is 7.11 Å². The number of hydrogen-bond acceptors (Lipinski definition) is 3. The van der Waals surface area contributed by atoms with Gasteiger partial charge in [0, 0.05) is 11.5 Å². The van der Waals surface area contributed by atoms with E-state index in [-0.39, 0.29) is 22.8 Å². The maximum absolute atomic E-state index is 12.9. The molecule has 1 aliphatic heterocycles. The molecule has 7 atom stereocenters. The molecule has 0 radical (unpaired) electrons. The summed E-state index contributed by atoms with van der Waals surface area (Å²) in [5.41, 5.74) is -0.260. The molecule has 3 saturated carbocycles. The first-order chi connectivity index (χ1) is 14.8. The summed E-state index contributed by atoms with van der Waals surface area (Å²) in [7, 11) is 1.63. The van der Waals surface area contributed by atoms with Gasteiger partial charge in [-0.15, -0.1) is 0 Å². The third-order valence-electron chi connectivity index (χ3n) is 9.83. The minimum atomic E-state index is -0.858. The van der Waals surface area contributed by atoms with Crippen LogP contribution in [0.15, 0.2) is 36.4 Å². The highest BCUT2D eigenvalue weighted by atomic mass is 16.5. The lowest BCUT2D eigenvalue weighted by atomic mass is 9.45. The van der Waals surface area contributed by atoms with Gasteiger partial charge >= 0.3 is 5.97 Å². The van der Waals surface area contributed by atoms with E-state index < -0.39 is 11.4 Å². The first-order valence-electron chi connectivity index (χ1n) is 11.6. The molecule has 3 fully saturated rings. The zero-order valence-corrected chi connectivity index (χ0v) is 18.7. The lowest BCUT2D eigenvalue weighted by molar-refractivity contribution is -0.154. The molecule has 0 bridgehead atoms. The number of amides is 1. The lowest BCUT2D eigenvalue weighted by Gasteiger charge is -2.60. The van der Waals surface area contributed by atoms with Gasteiger partial charge in [-0.25, -0.2) is 0 Å². The minimum Gasteiger partial charge on any atom is -0.497 e. The fraction of sp³-hybridized carbons (Fsp3) is 0.615. The number of carbonyl (C=O) groups excluding carboxylic acids is 1. The molecule has 1 amide bonds. The fourth-order valence-corrected chi connectivity index (χ4v) is 8.20. The normalized spacial score (nSPS) is 43.4. The summed E-state index contributed by atoms with van der Waals surface area (Å²) in [5, 5.41) is 13.8. The summed E-state index contributed by atoms with van der Waals surface area (Å²) < 4.78 is 5.31. The van der Waals surface area contributed by atoms with Crippen LogP contribution in [-0.4, -0.2) is 30.1 Å². The smallest absolute Gasteiger partial charge is 0.314 e. The lowest BCUT2D eigenvalue weighted by Crippen LogP contribution is -2.61. The van der Waals surface area contributed by atoms with Gasteiger partial charge in [-0.3, -0.25) is 9.59 Å². The van der Waals surface area contributed by atoms with E-state index in [0.29, 0.717) is 24.2 Å². The average molecular weight is 424 g/mol. The van der Waals surface area contributed by atoms with Gasteiger partial charge in [0.25, 0.3) is 0 Å². The van der Waals surface area contributed by atoms with Gasteiger partial charge in [0.1, 0.15) is 5.75 Å². The van der Waals surface area contributed by atoms with E-state index in [1.54, 1.807) is 13.2 Å². The fourth-order valence-electron chi connectivity index (χ4n) is 8.20. The van der Waals surface area contributed by atoms with Crippen molar-refractivity contribution < 1.29 is 19.4 Å². The highest BCUT2D eigenvalue weighted by Gasteiger charge is 2.67. The van der Waals surface area contributed by atoms with Crippen LogP contribution in [0.25, 0.3) is 0 Å². The van der Waals surface area contributed by atoms with Crippen LogP contribution in [-0.2, 0) is 15.0 Å². The monoisotopic (exact) mass is 423 g/mol. The standard InChI is InChI=1S/C26H33NO4/c1-24-13-12-22(28)27-21(24)9-8-18-19(24)10-14-25(2)20(18)11-15-26(25,23(29)30)16-4-6-17(31-3)7-5-16/h4-7,12-13,18-21H,8-11,14-15H2,1-3H3,(H,27,28)(H,29,30)/t18-,19-,20+,21?,24-,25+,26?/m1/s1. The van der Waals surface area contributed by atoms with Gasteiger partial charge < -0.3 is 15.2 Å². The Morgan fingerprint density at radius 1 is 1.06 bits per heavy atom. The molecule has 2 unspecified atom stereocenters. The van der Waals surface area contributed by atoms with Gasteiger partial charge in [0.2, 0.25) is 5.91 Å². The summed E-state index contributed by atoms with van der Waals surface area (Å²) in [5.74, 6) is 1.46. The number of ether oxygens (including phenoxy) is 1.